The fourth-order valence-corrected chi connectivity index (χ4v) is 2.55. The average Bonchev–Trinajstić information content (AvgIpc) is 2.44. The standard InChI is InChI=1S/C18H35NO3.Na/c1-4-5-6-7-8-9-10-11-12-13-17(20)19-16(18(21)22)14-15(2)3;/h15-16H,4-14H2,1-3H3,(H,19,20)(H,21,22);/q;+1/p-1. The Morgan fingerprint density at radius 2 is 1.39 bits per heavy atom. The number of carboxylic acids is 1. The van der Waals surface area contributed by atoms with Gasteiger partial charge in [0, 0.05) is 6.42 Å². The van der Waals surface area contributed by atoms with Gasteiger partial charge in [-0.1, -0.05) is 72.1 Å². The molecule has 0 aliphatic carbocycles. The van der Waals surface area contributed by atoms with E-state index in [-0.39, 0.29) is 41.4 Å². The summed E-state index contributed by atoms with van der Waals surface area (Å²) in [5.41, 5.74) is 0. The Bertz CT molecular complexity index is 309. The largest absolute Gasteiger partial charge is 1.00 e. The van der Waals surface area contributed by atoms with Crippen molar-refractivity contribution in [3.8, 4) is 0 Å². The molecular weight excluding hydrogens is 301 g/mol. The van der Waals surface area contributed by atoms with Crippen LogP contribution < -0.4 is 40.0 Å². The number of hydrogen-bond donors (Lipinski definition) is 1. The van der Waals surface area contributed by atoms with Crippen LogP contribution in [-0.2, 0) is 9.59 Å². The molecule has 0 aliphatic heterocycles. The van der Waals surface area contributed by atoms with Crippen LogP contribution in [-0.4, -0.2) is 17.9 Å². The van der Waals surface area contributed by atoms with E-state index in [4.69, 9.17) is 0 Å². The molecule has 4 nitrogen and oxygen atoms in total. The number of hydrogen-bond acceptors (Lipinski definition) is 3. The van der Waals surface area contributed by atoms with E-state index in [1.165, 1.54) is 38.5 Å². The predicted molar refractivity (Wildman–Crippen MR) is 88.2 cm³/mol. The van der Waals surface area contributed by atoms with Gasteiger partial charge in [0.1, 0.15) is 0 Å². The first-order valence-electron chi connectivity index (χ1n) is 8.97. The molecule has 0 saturated heterocycles. The Labute approximate surface area is 164 Å². The monoisotopic (exact) mass is 335 g/mol. The molecule has 1 amide bonds. The van der Waals surface area contributed by atoms with Crippen LogP contribution in [0, 0.1) is 5.92 Å². The molecule has 0 radical (unpaired) electrons. The smallest absolute Gasteiger partial charge is 0.548 e. The molecule has 0 spiro atoms. The summed E-state index contributed by atoms with van der Waals surface area (Å²) in [6.45, 7) is 6.09. The number of rotatable bonds is 14. The minimum absolute atomic E-state index is 0. The van der Waals surface area contributed by atoms with Gasteiger partial charge in [0.05, 0.1) is 12.0 Å². The van der Waals surface area contributed by atoms with Gasteiger partial charge in [0.15, 0.2) is 0 Å². The van der Waals surface area contributed by atoms with Gasteiger partial charge in [0.2, 0.25) is 5.91 Å². The van der Waals surface area contributed by atoms with Gasteiger partial charge in [-0.05, 0) is 18.8 Å². The number of aliphatic carboxylic acids is 1. The summed E-state index contributed by atoms with van der Waals surface area (Å²) in [5, 5.41) is 13.5. The summed E-state index contributed by atoms with van der Waals surface area (Å²) in [4.78, 5) is 22.7. The number of unbranched alkanes of at least 4 members (excludes halogenated alkanes) is 8. The van der Waals surface area contributed by atoms with Crippen molar-refractivity contribution in [1.29, 1.82) is 0 Å². The van der Waals surface area contributed by atoms with Crippen LogP contribution in [0.1, 0.15) is 91.4 Å². The van der Waals surface area contributed by atoms with Crippen LogP contribution in [0.3, 0.4) is 0 Å². The van der Waals surface area contributed by atoms with Crippen LogP contribution >= 0.6 is 0 Å². The van der Waals surface area contributed by atoms with E-state index in [9.17, 15) is 14.7 Å². The van der Waals surface area contributed by atoms with E-state index < -0.39 is 12.0 Å². The molecule has 0 aromatic carbocycles. The Kier molecular flexibility index (Phi) is 18.4. The van der Waals surface area contributed by atoms with Crippen LogP contribution in [0.4, 0.5) is 0 Å². The summed E-state index contributed by atoms with van der Waals surface area (Å²) in [6, 6.07) is -0.855. The first-order valence-corrected chi connectivity index (χ1v) is 8.97. The molecule has 0 aliphatic rings. The van der Waals surface area contributed by atoms with Crippen LogP contribution in [0.5, 0.6) is 0 Å². The van der Waals surface area contributed by atoms with Crippen molar-refractivity contribution in [1.82, 2.24) is 5.32 Å². The van der Waals surface area contributed by atoms with E-state index in [0.29, 0.717) is 12.8 Å². The molecule has 0 saturated carbocycles. The van der Waals surface area contributed by atoms with Crippen molar-refractivity contribution in [3.63, 3.8) is 0 Å². The minimum atomic E-state index is -1.19. The summed E-state index contributed by atoms with van der Waals surface area (Å²) in [6.07, 6.45) is 11.7. The van der Waals surface area contributed by atoms with Gasteiger partial charge in [0.25, 0.3) is 0 Å². The van der Waals surface area contributed by atoms with Crippen molar-refractivity contribution < 1.29 is 44.3 Å². The van der Waals surface area contributed by atoms with E-state index >= 15 is 0 Å². The fraction of sp³-hybridized carbons (Fsp3) is 0.889. The first kappa shape index (κ1) is 25.2. The summed E-state index contributed by atoms with van der Waals surface area (Å²) < 4.78 is 0. The zero-order valence-corrected chi connectivity index (χ0v) is 17.7. The summed E-state index contributed by atoms with van der Waals surface area (Å²) >= 11 is 0. The Balaban J connectivity index is 0. The zero-order chi connectivity index (χ0) is 16.8. The molecule has 1 atom stereocenters. The molecule has 130 valence electrons. The molecule has 0 heterocycles. The van der Waals surface area contributed by atoms with Gasteiger partial charge in [-0.25, -0.2) is 0 Å². The van der Waals surface area contributed by atoms with Gasteiger partial charge in [-0.2, -0.15) is 0 Å². The second-order valence-corrected chi connectivity index (χ2v) is 6.65. The molecule has 0 bridgehead atoms. The van der Waals surface area contributed by atoms with Crippen LogP contribution in [0.2, 0.25) is 0 Å². The molecule has 1 unspecified atom stereocenters. The van der Waals surface area contributed by atoms with E-state index in [1.807, 2.05) is 13.8 Å². The van der Waals surface area contributed by atoms with Crippen molar-refractivity contribution in [2.45, 2.75) is 97.4 Å². The predicted octanol–water partition coefficient (Wildman–Crippen LogP) is 0.192. The van der Waals surface area contributed by atoms with Gasteiger partial charge in [-0.3, -0.25) is 4.79 Å². The van der Waals surface area contributed by atoms with Crippen molar-refractivity contribution >= 4 is 11.9 Å². The van der Waals surface area contributed by atoms with E-state index in [1.54, 1.807) is 0 Å². The quantitative estimate of drug-likeness (QED) is 0.364. The molecule has 0 aromatic rings. The van der Waals surface area contributed by atoms with Crippen molar-refractivity contribution in [2.24, 2.45) is 5.92 Å². The minimum Gasteiger partial charge on any atom is -0.548 e. The topological polar surface area (TPSA) is 69.2 Å². The number of carbonyl (C=O) groups is 2. The Morgan fingerprint density at radius 1 is 0.913 bits per heavy atom. The maximum Gasteiger partial charge on any atom is 1.00 e. The van der Waals surface area contributed by atoms with Gasteiger partial charge in [-0.15, -0.1) is 0 Å². The maximum atomic E-state index is 11.7. The third-order valence-electron chi connectivity index (χ3n) is 3.83. The first-order chi connectivity index (χ1) is 10.5. The molecule has 0 fully saturated rings. The fourth-order valence-electron chi connectivity index (χ4n) is 2.55. The zero-order valence-electron chi connectivity index (χ0n) is 15.7. The second-order valence-electron chi connectivity index (χ2n) is 6.65. The third-order valence-corrected chi connectivity index (χ3v) is 3.83. The SMILES string of the molecule is CCCCCCCCCCCC(=O)NC(CC(C)C)C(=O)[O-].[Na+]. The molecular formula is C18H34NNaO3. The Morgan fingerprint density at radius 3 is 1.83 bits per heavy atom. The molecule has 0 rings (SSSR count). The molecule has 23 heavy (non-hydrogen) atoms. The summed E-state index contributed by atoms with van der Waals surface area (Å²) in [5.74, 6) is -1.14. The van der Waals surface area contributed by atoms with E-state index in [2.05, 4.69) is 12.2 Å². The van der Waals surface area contributed by atoms with Gasteiger partial charge < -0.3 is 15.2 Å². The molecule has 1 N–H and O–H groups in total. The summed E-state index contributed by atoms with van der Waals surface area (Å²) in [7, 11) is 0. The van der Waals surface area contributed by atoms with Crippen molar-refractivity contribution in [3.05, 3.63) is 0 Å². The van der Waals surface area contributed by atoms with Crippen LogP contribution in [0.15, 0.2) is 0 Å². The third kappa shape index (κ3) is 16.6. The van der Waals surface area contributed by atoms with Crippen LogP contribution in [0.25, 0.3) is 0 Å². The maximum absolute atomic E-state index is 11.7. The normalized spacial score (nSPS) is 11.8. The Hall–Kier alpha value is -0.0600. The number of nitrogens with one attached hydrogen (secondary N) is 1. The van der Waals surface area contributed by atoms with Crippen molar-refractivity contribution in [2.75, 3.05) is 0 Å². The second kappa shape index (κ2) is 16.8. The molecule has 5 heteroatoms. The number of carboxylic acid groups (broad SMARTS) is 1. The van der Waals surface area contributed by atoms with Gasteiger partial charge >= 0.3 is 29.6 Å². The average molecular weight is 335 g/mol. The molecule has 0 aromatic heterocycles. The number of carbonyl (C=O) groups excluding carboxylic acids is 2. The van der Waals surface area contributed by atoms with E-state index in [0.717, 1.165) is 19.3 Å². The number of amides is 1.